The van der Waals surface area contributed by atoms with Gasteiger partial charge in [-0.2, -0.15) is 0 Å². The van der Waals surface area contributed by atoms with E-state index in [4.69, 9.17) is 11.6 Å². The molecular formula is C19H22ClFN2O3S. The van der Waals surface area contributed by atoms with Gasteiger partial charge < -0.3 is 5.32 Å². The molecule has 1 N–H and O–H groups in total. The lowest BCUT2D eigenvalue weighted by Gasteiger charge is -2.24. The number of hydrogen-bond acceptors (Lipinski definition) is 3. The normalized spacial score (nSPS) is 11.3. The van der Waals surface area contributed by atoms with Crippen molar-refractivity contribution in [2.75, 3.05) is 17.1 Å². The maximum Gasteiger partial charge on any atom is 0.232 e. The predicted molar refractivity (Wildman–Crippen MR) is 106 cm³/mol. The van der Waals surface area contributed by atoms with Gasteiger partial charge in [0.25, 0.3) is 0 Å². The summed E-state index contributed by atoms with van der Waals surface area (Å²) >= 11 is 5.99. The van der Waals surface area contributed by atoms with Crippen LogP contribution >= 0.6 is 11.6 Å². The molecule has 0 fully saturated rings. The summed E-state index contributed by atoms with van der Waals surface area (Å²) in [7, 11) is -3.51. The monoisotopic (exact) mass is 412 g/mol. The zero-order valence-corrected chi connectivity index (χ0v) is 16.8. The molecular weight excluding hydrogens is 391 g/mol. The van der Waals surface area contributed by atoms with Crippen molar-refractivity contribution in [3.8, 4) is 0 Å². The van der Waals surface area contributed by atoms with Crippen LogP contribution in [0.1, 0.15) is 24.0 Å². The first-order valence-electron chi connectivity index (χ1n) is 8.42. The summed E-state index contributed by atoms with van der Waals surface area (Å²) in [5.41, 5.74) is 1.95. The topological polar surface area (TPSA) is 66.5 Å². The summed E-state index contributed by atoms with van der Waals surface area (Å²) in [4.78, 5) is 12.0. The highest BCUT2D eigenvalue weighted by Gasteiger charge is 2.19. The van der Waals surface area contributed by atoms with Crippen molar-refractivity contribution in [2.45, 2.75) is 26.3 Å². The highest BCUT2D eigenvalue weighted by molar-refractivity contribution is 7.92. The largest absolute Gasteiger partial charge is 0.352 e. The van der Waals surface area contributed by atoms with Crippen molar-refractivity contribution >= 4 is 33.2 Å². The van der Waals surface area contributed by atoms with Crippen molar-refractivity contribution in [1.29, 1.82) is 0 Å². The van der Waals surface area contributed by atoms with Crippen LogP contribution in [0.15, 0.2) is 42.5 Å². The number of aryl methyl sites for hydroxylation is 1. The van der Waals surface area contributed by atoms with Gasteiger partial charge in [0, 0.05) is 24.5 Å². The minimum Gasteiger partial charge on any atom is -0.352 e. The Bertz CT molecular complexity index is 919. The molecule has 0 saturated carbocycles. The van der Waals surface area contributed by atoms with Gasteiger partial charge in [-0.1, -0.05) is 29.8 Å². The number of carbonyl (C=O) groups excluding carboxylic acids is 1. The van der Waals surface area contributed by atoms with Crippen LogP contribution in [0.3, 0.4) is 0 Å². The van der Waals surface area contributed by atoms with Gasteiger partial charge in [0.2, 0.25) is 15.9 Å². The zero-order valence-electron chi connectivity index (χ0n) is 15.2. The quantitative estimate of drug-likeness (QED) is 0.719. The Balaban J connectivity index is 1.94. The SMILES string of the molecule is Cc1ccc(Cl)cc1N(CCCC(=O)NCc1cccc(F)c1)S(C)(=O)=O. The summed E-state index contributed by atoms with van der Waals surface area (Å²) < 4.78 is 38.7. The van der Waals surface area contributed by atoms with Crippen LogP contribution < -0.4 is 9.62 Å². The summed E-state index contributed by atoms with van der Waals surface area (Å²) in [5, 5.41) is 3.15. The van der Waals surface area contributed by atoms with E-state index < -0.39 is 10.0 Å². The van der Waals surface area contributed by atoms with Crippen molar-refractivity contribution in [2.24, 2.45) is 0 Å². The van der Waals surface area contributed by atoms with Crippen LogP contribution in [0, 0.1) is 12.7 Å². The van der Waals surface area contributed by atoms with E-state index in [2.05, 4.69) is 5.32 Å². The van der Waals surface area contributed by atoms with Gasteiger partial charge in [0.1, 0.15) is 5.82 Å². The Morgan fingerprint density at radius 3 is 2.63 bits per heavy atom. The van der Waals surface area contributed by atoms with Crippen LogP contribution in [-0.4, -0.2) is 27.1 Å². The molecule has 0 bridgehead atoms. The number of nitrogens with one attached hydrogen (secondary N) is 1. The van der Waals surface area contributed by atoms with Gasteiger partial charge in [-0.05, 0) is 48.7 Å². The molecule has 0 radical (unpaired) electrons. The lowest BCUT2D eigenvalue weighted by molar-refractivity contribution is -0.121. The smallest absolute Gasteiger partial charge is 0.232 e. The molecule has 0 heterocycles. The highest BCUT2D eigenvalue weighted by Crippen LogP contribution is 2.26. The van der Waals surface area contributed by atoms with E-state index in [-0.39, 0.29) is 31.2 Å². The molecule has 27 heavy (non-hydrogen) atoms. The number of benzene rings is 2. The molecule has 2 aromatic rings. The fourth-order valence-corrected chi connectivity index (χ4v) is 3.82. The van der Waals surface area contributed by atoms with E-state index >= 15 is 0 Å². The summed E-state index contributed by atoms with van der Waals surface area (Å²) in [6, 6.07) is 11.0. The van der Waals surface area contributed by atoms with Crippen molar-refractivity contribution in [1.82, 2.24) is 5.32 Å². The number of amides is 1. The summed E-state index contributed by atoms with van der Waals surface area (Å²) in [6.45, 7) is 2.18. The number of nitrogens with zero attached hydrogens (tertiary/aromatic N) is 1. The molecule has 0 spiro atoms. The molecule has 8 heteroatoms. The second-order valence-corrected chi connectivity index (χ2v) is 8.62. The third-order valence-electron chi connectivity index (χ3n) is 3.98. The molecule has 0 unspecified atom stereocenters. The second-order valence-electron chi connectivity index (χ2n) is 6.28. The van der Waals surface area contributed by atoms with E-state index in [0.717, 1.165) is 11.8 Å². The third-order valence-corrected chi connectivity index (χ3v) is 5.40. The van der Waals surface area contributed by atoms with Crippen molar-refractivity contribution in [3.05, 3.63) is 64.4 Å². The average molecular weight is 413 g/mol. The van der Waals surface area contributed by atoms with Crippen LogP contribution in [0.4, 0.5) is 10.1 Å². The minimum atomic E-state index is -3.51. The fraction of sp³-hybridized carbons (Fsp3) is 0.316. The molecule has 2 rings (SSSR count). The van der Waals surface area contributed by atoms with Crippen molar-refractivity contribution in [3.63, 3.8) is 0 Å². The number of carbonyl (C=O) groups is 1. The van der Waals surface area contributed by atoms with Crippen LogP contribution in [0.25, 0.3) is 0 Å². The van der Waals surface area contributed by atoms with Gasteiger partial charge in [0.05, 0.1) is 11.9 Å². The van der Waals surface area contributed by atoms with E-state index in [1.54, 1.807) is 37.3 Å². The lowest BCUT2D eigenvalue weighted by Crippen LogP contribution is -2.32. The van der Waals surface area contributed by atoms with Gasteiger partial charge in [-0.3, -0.25) is 9.10 Å². The molecule has 1 amide bonds. The molecule has 2 aromatic carbocycles. The second kappa shape index (κ2) is 9.19. The number of anilines is 1. The molecule has 146 valence electrons. The van der Waals surface area contributed by atoms with Crippen molar-refractivity contribution < 1.29 is 17.6 Å². The van der Waals surface area contributed by atoms with Crippen LogP contribution in [0.5, 0.6) is 0 Å². The predicted octanol–water partition coefficient (Wildman–Crippen LogP) is 3.65. The molecule has 5 nitrogen and oxygen atoms in total. The summed E-state index contributed by atoms with van der Waals surface area (Å²) in [5.74, 6) is -0.585. The Hall–Kier alpha value is -2.12. The van der Waals surface area contributed by atoms with E-state index in [0.29, 0.717) is 22.7 Å². The molecule has 0 aliphatic heterocycles. The third kappa shape index (κ3) is 6.52. The first-order chi connectivity index (χ1) is 12.7. The molecule has 0 atom stereocenters. The Morgan fingerprint density at radius 2 is 1.96 bits per heavy atom. The minimum absolute atomic E-state index is 0.154. The Kier molecular flexibility index (Phi) is 7.21. The Morgan fingerprint density at radius 1 is 1.22 bits per heavy atom. The Labute approximate surface area is 164 Å². The van der Waals surface area contributed by atoms with Gasteiger partial charge >= 0.3 is 0 Å². The molecule has 0 saturated heterocycles. The number of rotatable bonds is 8. The van der Waals surface area contributed by atoms with Gasteiger partial charge in [0.15, 0.2) is 0 Å². The average Bonchev–Trinajstić information content (AvgIpc) is 2.58. The van der Waals surface area contributed by atoms with Gasteiger partial charge in [-0.15, -0.1) is 0 Å². The number of halogens is 2. The van der Waals surface area contributed by atoms with Crippen LogP contribution in [0.2, 0.25) is 5.02 Å². The highest BCUT2D eigenvalue weighted by atomic mass is 35.5. The lowest BCUT2D eigenvalue weighted by atomic mass is 10.2. The standard InChI is InChI=1S/C19H22ClFN2O3S/c1-14-8-9-16(20)12-18(14)23(27(2,25)26)10-4-7-19(24)22-13-15-5-3-6-17(21)11-15/h3,5-6,8-9,11-12H,4,7,10,13H2,1-2H3,(H,22,24). The van der Waals surface area contributed by atoms with Crippen LogP contribution in [-0.2, 0) is 21.4 Å². The summed E-state index contributed by atoms with van der Waals surface area (Å²) in [6.07, 6.45) is 1.62. The molecule has 0 aliphatic rings. The first-order valence-corrected chi connectivity index (χ1v) is 10.6. The fourth-order valence-electron chi connectivity index (χ4n) is 2.64. The number of hydrogen-bond donors (Lipinski definition) is 1. The molecule has 0 aromatic heterocycles. The first kappa shape index (κ1) is 21.2. The maximum absolute atomic E-state index is 13.1. The van der Waals surface area contributed by atoms with E-state index in [1.165, 1.54) is 16.4 Å². The van der Waals surface area contributed by atoms with Gasteiger partial charge in [-0.25, -0.2) is 12.8 Å². The van der Waals surface area contributed by atoms with E-state index in [9.17, 15) is 17.6 Å². The molecule has 0 aliphatic carbocycles. The maximum atomic E-state index is 13.1. The number of sulfonamides is 1. The zero-order chi connectivity index (χ0) is 20.0. The van der Waals surface area contributed by atoms with E-state index in [1.807, 2.05) is 0 Å².